The number of aromatic hydroxyl groups is 1. The first kappa shape index (κ1) is 13.8. The minimum atomic E-state index is -0.755. The first-order chi connectivity index (χ1) is 8.02. The molecule has 0 heterocycles. The SMILES string of the molecule is COc1cc(COC(O)CC(C)C)ccc1O. The molecule has 1 rings (SSSR count). The highest BCUT2D eigenvalue weighted by molar-refractivity contribution is 5.41. The van der Waals surface area contributed by atoms with E-state index in [2.05, 4.69) is 0 Å². The lowest BCUT2D eigenvalue weighted by Crippen LogP contribution is -2.14. The van der Waals surface area contributed by atoms with E-state index in [0.717, 1.165) is 5.56 Å². The van der Waals surface area contributed by atoms with Crippen LogP contribution in [-0.2, 0) is 11.3 Å². The van der Waals surface area contributed by atoms with Crippen LogP contribution in [-0.4, -0.2) is 23.6 Å². The highest BCUT2D eigenvalue weighted by Crippen LogP contribution is 2.26. The summed E-state index contributed by atoms with van der Waals surface area (Å²) in [5.41, 5.74) is 0.849. The summed E-state index contributed by atoms with van der Waals surface area (Å²) in [7, 11) is 1.49. The van der Waals surface area contributed by atoms with Crippen LogP contribution >= 0.6 is 0 Å². The van der Waals surface area contributed by atoms with Crippen molar-refractivity contribution in [2.24, 2.45) is 5.92 Å². The molecule has 0 bridgehead atoms. The average Bonchev–Trinajstić information content (AvgIpc) is 2.27. The predicted octanol–water partition coefficient (Wildman–Crippen LogP) is 2.28. The highest BCUT2D eigenvalue weighted by Gasteiger charge is 2.08. The highest BCUT2D eigenvalue weighted by atomic mass is 16.6. The fourth-order valence-corrected chi connectivity index (χ4v) is 1.48. The largest absolute Gasteiger partial charge is 0.504 e. The Morgan fingerprint density at radius 2 is 2.00 bits per heavy atom. The lowest BCUT2D eigenvalue weighted by molar-refractivity contribution is -0.117. The number of methoxy groups -OCH3 is 1. The van der Waals surface area contributed by atoms with Gasteiger partial charge in [0, 0.05) is 6.42 Å². The Balaban J connectivity index is 2.52. The van der Waals surface area contributed by atoms with Gasteiger partial charge in [-0.15, -0.1) is 0 Å². The smallest absolute Gasteiger partial charge is 0.160 e. The summed E-state index contributed by atoms with van der Waals surface area (Å²) in [4.78, 5) is 0. The molecule has 1 unspecified atom stereocenters. The summed E-state index contributed by atoms with van der Waals surface area (Å²) in [5.74, 6) is 0.891. The molecule has 4 heteroatoms. The van der Waals surface area contributed by atoms with E-state index in [9.17, 15) is 10.2 Å². The third-order valence-corrected chi connectivity index (χ3v) is 2.36. The van der Waals surface area contributed by atoms with E-state index in [-0.39, 0.29) is 5.75 Å². The Bertz CT molecular complexity index is 349. The van der Waals surface area contributed by atoms with Crippen molar-refractivity contribution in [3.63, 3.8) is 0 Å². The maximum atomic E-state index is 9.56. The second-order valence-electron chi connectivity index (χ2n) is 4.40. The summed E-state index contributed by atoms with van der Waals surface area (Å²) in [6.45, 7) is 4.34. The first-order valence-corrected chi connectivity index (χ1v) is 5.68. The Labute approximate surface area is 102 Å². The molecule has 1 aromatic rings. The molecule has 1 aromatic carbocycles. The standard InChI is InChI=1S/C13H20O4/c1-9(2)6-13(15)17-8-10-4-5-11(14)12(7-10)16-3/h4-5,7,9,13-15H,6,8H2,1-3H3. The number of ether oxygens (including phenoxy) is 2. The third kappa shape index (κ3) is 4.63. The van der Waals surface area contributed by atoms with Gasteiger partial charge in [-0.05, 0) is 23.6 Å². The number of phenolic OH excluding ortho intramolecular Hbond substituents is 1. The molecule has 96 valence electrons. The number of aliphatic hydroxyl groups excluding tert-OH is 1. The second kappa shape index (κ2) is 6.47. The van der Waals surface area contributed by atoms with Crippen molar-refractivity contribution in [2.45, 2.75) is 33.2 Å². The van der Waals surface area contributed by atoms with Gasteiger partial charge in [0.15, 0.2) is 17.8 Å². The molecule has 0 aromatic heterocycles. The molecule has 0 aliphatic heterocycles. The minimum Gasteiger partial charge on any atom is -0.504 e. The number of phenols is 1. The molecule has 17 heavy (non-hydrogen) atoms. The molecule has 0 saturated carbocycles. The topological polar surface area (TPSA) is 58.9 Å². The van der Waals surface area contributed by atoms with Gasteiger partial charge in [0.2, 0.25) is 0 Å². The van der Waals surface area contributed by atoms with Gasteiger partial charge in [0.25, 0.3) is 0 Å². The van der Waals surface area contributed by atoms with Crippen LogP contribution in [0, 0.1) is 5.92 Å². The van der Waals surface area contributed by atoms with E-state index in [1.807, 2.05) is 13.8 Å². The van der Waals surface area contributed by atoms with Crippen LogP contribution in [0.3, 0.4) is 0 Å². The van der Waals surface area contributed by atoms with Crippen LogP contribution in [0.5, 0.6) is 11.5 Å². The van der Waals surface area contributed by atoms with Crippen molar-refractivity contribution >= 4 is 0 Å². The van der Waals surface area contributed by atoms with Gasteiger partial charge >= 0.3 is 0 Å². The summed E-state index contributed by atoms with van der Waals surface area (Å²) in [5, 5.41) is 19.0. The van der Waals surface area contributed by atoms with E-state index >= 15 is 0 Å². The molecular formula is C13H20O4. The third-order valence-electron chi connectivity index (χ3n) is 2.36. The fourth-order valence-electron chi connectivity index (χ4n) is 1.48. The van der Waals surface area contributed by atoms with Gasteiger partial charge in [-0.1, -0.05) is 19.9 Å². The lowest BCUT2D eigenvalue weighted by Gasteiger charge is -2.14. The molecule has 0 aliphatic carbocycles. The van der Waals surface area contributed by atoms with Crippen molar-refractivity contribution in [3.8, 4) is 11.5 Å². The van der Waals surface area contributed by atoms with Crippen LogP contribution in [0.2, 0.25) is 0 Å². The van der Waals surface area contributed by atoms with Crippen molar-refractivity contribution < 1.29 is 19.7 Å². The fraction of sp³-hybridized carbons (Fsp3) is 0.538. The molecule has 1 atom stereocenters. The molecule has 0 spiro atoms. The predicted molar refractivity (Wildman–Crippen MR) is 64.9 cm³/mol. The average molecular weight is 240 g/mol. The zero-order valence-electron chi connectivity index (χ0n) is 10.5. The number of hydrogen-bond acceptors (Lipinski definition) is 4. The van der Waals surface area contributed by atoms with Crippen LogP contribution < -0.4 is 4.74 Å². The van der Waals surface area contributed by atoms with Gasteiger partial charge in [-0.3, -0.25) is 0 Å². The van der Waals surface area contributed by atoms with E-state index in [1.54, 1.807) is 18.2 Å². The number of hydrogen-bond donors (Lipinski definition) is 2. The summed E-state index contributed by atoms with van der Waals surface area (Å²) < 4.78 is 10.3. The van der Waals surface area contributed by atoms with Crippen LogP contribution in [0.15, 0.2) is 18.2 Å². The van der Waals surface area contributed by atoms with Crippen molar-refractivity contribution in [3.05, 3.63) is 23.8 Å². The Hall–Kier alpha value is -1.26. The van der Waals surface area contributed by atoms with E-state index in [1.165, 1.54) is 7.11 Å². The maximum absolute atomic E-state index is 9.56. The molecule has 0 saturated heterocycles. The summed E-state index contributed by atoms with van der Waals surface area (Å²) in [6, 6.07) is 4.98. The Kier molecular flexibility index (Phi) is 5.25. The van der Waals surface area contributed by atoms with Crippen LogP contribution in [0.4, 0.5) is 0 Å². The molecule has 0 radical (unpaired) electrons. The van der Waals surface area contributed by atoms with Crippen molar-refractivity contribution in [1.82, 2.24) is 0 Å². The molecule has 2 N–H and O–H groups in total. The molecule has 0 amide bonds. The van der Waals surface area contributed by atoms with Gasteiger partial charge in [-0.2, -0.15) is 0 Å². The minimum absolute atomic E-state index is 0.0963. The van der Waals surface area contributed by atoms with Crippen molar-refractivity contribution in [1.29, 1.82) is 0 Å². The Morgan fingerprint density at radius 1 is 1.29 bits per heavy atom. The Morgan fingerprint density at radius 3 is 2.59 bits per heavy atom. The summed E-state index contributed by atoms with van der Waals surface area (Å²) >= 11 is 0. The van der Waals surface area contributed by atoms with Crippen molar-refractivity contribution in [2.75, 3.05) is 7.11 Å². The molecule has 4 nitrogen and oxygen atoms in total. The van der Waals surface area contributed by atoms with Gasteiger partial charge < -0.3 is 19.7 Å². The zero-order chi connectivity index (χ0) is 12.8. The first-order valence-electron chi connectivity index (χ1n) is 5.68. The van der Waals surface area contributed by atoms with Gasteiger partial charge in [-0.25, -0.2) is 0 Å². The number of rotatable bonds is 6. The monoisotopic (exact) mass is 240 g/mol. The number of aliphatic hydroxyl groups is 1. The molecular weight excluding hydrogens is 220 g/mol. The zero-order valence-corrected chi connectivity index (χ0v) is 10.5. The number of benzene rings is 1. The summed E-state index contributed by atoms with van der Waals surface area (Å²) in [6.07, 6.45) is -0.148. The van der Waals surface area contributed by atoms with Crippen LogP contribution in [0.1, 0.15) is 25.8 Å². The quantitative estimate of drug-likeness (QED) is 0.749. The van der Waals surface area contributed by atoms with Crippen LogP contribution in [0.25, 0.3) is 0 Å². The normalized spacial score (nSPS) is 12.8. The van der Waals surface area contributed by atoms with Gasteiger partial charge in [0.05, 0.1) is 13.7 Å². The molecule has 0 aliphatic rings. The maximum Gasteiger partial charge on any atom is 0.160 e. The van der Waals surface area contributed by atoms with E-state index in [0.29, 0.717) is 24.7 Å². The van der Waals surface area contributed by atoms with E-state index < -0.39 is 6.29 Å². The second-order valence-corrected chi connectivity index (χ2v) is 4.40. The lowest BCUT2D eigenvalue weighted by atomic mass is 10.1. The van der Waals surface area contributed by atoms with E-state index in [4.69, 9.17) is 9.47 Å². The van der Waals surface area contributed by atoms with Gasteiger partial charge in [0.1, 0.15) is 0 Å². The molecule has 0 fully saturated rings.